The second-order valence-electron chi connectivity index (χ2n) is 8.32. The van der Waals surface area contributed by atoms with Crippen LogP contribution in [0.25, 0.3) is 10.8 Å². The highest BCUT2D eigenvalue weighted by atomic mass is 16.5. The fourth-order valence-electron chi connectivity index (χ4n) is 5.76. The first-order valence-electron chi connectivity index (χ1n) is 8.93. The Bertz CT molecular complexity index is 862. The van der Waals surface area contributed by atoms with Gasteiger partial charge in [-0.05, 0) is 48.1 Å². The molecule has 2 aromatic carbocycles. The van der Waals surface area contributed by atoms with Crippen molar-refractivity contribution in [2.24, 2.45) is 16.7 Å². The topological polar surface area (TPSA) is 38.3 Å². The molecule has 4 atom stereocenters. The predicted molar refractivity (Wildman–Crippen MR) is 94.8 cm³/mol. The molecule has 0 spiro atoms. The Balaban J connectivity index is 1.49. The van der Waals surface area contributed by atoms with Gasteiger partial charge in [0.15, 0.2) is 5.60 Å². The van der Waals surface area contributed by atoms with Crippen molar-refractivity contribution in [3.63, 3.8) is 0 Å². The van der Waals surface area contributed by atoms with E-state index in [1.165, 1.54) is 11.8 Å². The molecular formula is C21H23NO2. The smallest absolute Gasteiger partial charge is 0.257 e. The molecule has 0 radical (unpaired) electrons. The first kappa shape index (κ1) is 14.5. The number of ether oxygens (including phenoxy) is 1. The predicted octanol–water partition coefficient (Wildman–Crippen LogP) is 4.37. The van der Waals surface area contributed by atoms with Crippen molar-refractivity contribution in [2.75, 3.05) is 11.9 Å². The molecule has 0 unspecified atom stereocenters. The van der Waals surface area contributed by atoms with Gasteiger partial charge in [0.1, 0.15) is 0 Å². The Kier molecular flexibility index (Phi) is 2.65. The van der Waals surface area contributed by atoms with Crippen molar-refractivity contribution in [2.45, 2.75) is 38.7 Å². The van der Waals surface area contributed by atoms with Crippen LogP contribution >= 0.6 is 0 Å². The van der Waals surface area contributed by atoms with Crippen molar-refractivity contribution in [3.05, 3.63) is 42.5 Å². The number of benzene rings is 2. The standard InChI is InChI=1S/C21H23NO2/c1-19-13-24-21(12-16(19)9-10-20(19,21)2)18(23)22-17-8-7-14-5-3-4-6-15(14)11-17/h3-8,11,16H,9-10,12-13H2,1-2H3,(H,22,23)/t16-,19+,20-,21-/m1/s1. The van der Waals surface area contributed by atoms with Crippen molar-refractivity contribution in [1.82, 2.24) is 0 Å². The maximum absolute atomic E-state index is 13.2. The molecule has 2 saturated carbocycles. The zero-order valence-corrected chi connectivity index (χ0v) is 14.3. The van der Waals surface area contributed by atoms with Gasteiger partial charge in [-0.1, -0.05) is 44.2 Å². The summed E-state index contributed by atoms with van der Waals surface area (Å²) in [5.74, 6) is 0.671. The van der Waals surface area contributed by atoms with Gasteiger partial charge in [-0.25, -0.2) is 0 Å². The molecule has 1 aliphatic heterocycles. The molecule has 24 heavy (non-hydrogen) atoms. The van der Waals surface area contributed by atoms with Crippen LogP contribution in [0.5, 0.6) is 0 Å². The van der Waals surface area contributed by atoms with Gasteiger partial charge in [0.25, 0.3) is 5.91 Å². The van der Waals surface area contributed by atoms with Crippen LogP contribution in [0.1, 0.15) is 33.1 Å². The summed E-state index contributed by atoms with van der Waals surface area (Å²) >= 11 is 0. The average molecular weight is 321 g/mol. The number of carbonyl (C=O) groups excluding carboxylic acids is 1. The molecule has 2 aromatic rings. The van der Waals surface area contributed by atoms with Crippen molar-refractivity contribution < 1.29 is 9.53 Å². The molecule has 4 bridgehead atoms. The highest BCUT2D eigenvalue weighted by Crippen LogP contribution is 2.75. The van der Waals surface area contributed by atoms with E-state index in [-0.39, 0.29) is 16.7 Å². The van der Waals surface area contributed by atoms with Crippen molar-refractivity contribution >= 4 is 22.4 Å². The monoisotopic (exact) mass is 321 g/mol. The number of fused-ring (bicyclic) bond motifs is 1. The minimum absolute atomic E-state index is 0.0361. The Hall–Kier alpha value is -1.87. The van der Waals surface area contributed by atoms with Gasteiger partial charge in [-0.15, -0.1) is 0 Å². The molecule has 0 aromatic heterocycles. The number of amides is 1. The van der Waals surface area contributed by atoms with Gasteiger partial charge in [0, 0.05) is 16.5 Å². The molecule has 1 heterocycles. The second kappa shape index (κ2) is 4.40. The molecule has 3 nitrogen and oxygen atoms in total. The van der Waals surface area contributed by atoms with Crippen LogP contribution in [0.2, 0.25) is 0 Å². The molecule has 3 aliphatic rings. The van der Waals surface area contributed by atoms with Crippen LogP contribution in [-0.4, -0.2) is 18.1 Å². The second-order valence-corrected chi connectivity index (χ2v) is 8.32. The summed E-state index contributed by atoms with van der Waals surface area (Å²) in [6.45, 7) is 5.31. The van der Waals surface area contributed by atoms with E-state index < -0.39 is 5.60 Å². The van der Waals surface area contributed by atoms with Crippen LogP contribution < -0.4 is 5.32 Å². The number of carbonyl (C=O) groups is 1. The Labute approximate surface area is 142 Å². The van der Waals surface area contributed by atoms with E-state index in [0.29, 0.717) is 5.92 Å². The summed E-state index contributed by atoms with van der Waals surface area (Å²) in [5.41, 5.74) is 0.340. The first-order valence-corrected chi connectivity index (χ1v) is 8.93. The number of nitrogens with one attached hydrogen (secondary N) is 1. The lowest BCUT2D eigenvalue weighted by Gasteiger charge is -2.40. The SMILES string of the molecule is C[C@]12CC[C@@H]3C[C@]1(C(=O)Nc1ccc4ccccc4c1)OC[C@@]32C. The maximum Gasteiger partial charge on any atom is 0.257 e. The summed E-state index contributed by atoms with van der Waals surface area (Å²) < 4.78 is 6.19. The molecule has 1 N–H and O–H groups in total. The number of hydrogen-bond donors (Lipinski definition) is 1. The summed E-state index contributed by atoms with van der Waals surface area (Å²) in [6, 6.07) is 14.3. The highest BCUT2D eigenvalue weighted by Gasteiger charge is 2.78. The van der Waals surface area contributed by atoms with E-state index in [1.54, 1.807) is 0 Å². The Morgan fingerprint density at radius 3 is 2.71 bits per heavy atom. The number of hydrogen-bond acceptors (Lipinski definition) is 2. The lowest BCUT2D eigenvalue weighted by Crippen LogP contribution is -2.52. The lowest BCUT2D eigenvalue weighted by molar-refractivity contribution is -0.149. The van der Waals surface area contributed by atoms with E-state index in [2.05, 4.69) is 37.4 Å². The largest absolute Gasteiger partial charge is 0.364 e. The van der Waals surface area contributed by atoms with Crippen molar-refractivity contribution in [1.29, 1.82) is 0 Å². The quantitative estimate of drug-likeness (QED) is 0.892. The van der Waals surface area contributed by atoms with E-state index in [4.69, 9.17) is 4.74 Å². The first-order chi connectivity index (χ1) is 11.5. The molecule has 1 saturated heterocycles. The van der Waals surface area contributed by atoms with E-state index in [1.807, 2.05) is 24.3 Å². The molecule has 3 fully saturated rings. The van der Waals surface area contributed by atoms with Gasteiger partial charge >= 0.3 is 0 Å². The fourth-order valence-corrected chi connectivity index (χ4v) is 5.76. The summed E-state index contributed by atoms with van der Waals surface area (Å²) in [4.78, 5) is 13.2. The van der Waals surface area contributed by atoms with Crippen molar-refractivity contribution in [3.8, 4) is 0 Å². The lowest BCUT2D eigenvalue weighted by atomic mass is 9.66. The van der Waals surface area contributed by atoms with Crippen LogP contribution in [0.4, 0.5) is 5.69 Å². The van der Waals surface area contributed by atoms with E-state index in [9.17, 15) is 4.79 Å². The summed E-state index contributed by atoms with van der Waals surface area (Å²) in [5, 5.41) is 5.49. The van der Waals surface area contributed by atoms with E-state index in [0.717, 1.165) is 30.5 Å². The van der Waals surface area contributed by atoms with E-state index >= 15 is 0 Å². The van der Waals surface area contributed by atoms with Gasteiger partial charge in [-0.2, -0.15) is 0 Å². The minimum Gasteiger partial charge on any atom is -0.364 e. The average Bonchev–Trinajstić information content (AvgIpc) is 3.06. The third kappa shape index (κ3) is 1.50. The molecular weight excluding hydrogens is 298 g/mol. The van der Waals surface area contributed by atoms with Crippen LogP contribution in [0.3, 0.4) is 0 Å². The summed E-state index contributed by atoms with van der Waals surface area (Å²) in [6.07, 6.45) is 3.21. The van der Waals surface area contributed by atoms with Gasteiger partial charge in [0.05, 0.1) is 6.61 Å². The zero-order valence-electron chi connectivity index (χ0n) is 14.3. The van der Waals surface area contributed by atoms with Gasteiger partial charge < -0.3 is 10.1 Å². The maximum atomic E-state index is 13.2. The molecule has 124 valence electrons. The Morgan fingerprint density at radius 2 is 1.96 bits per heavy atom. The minimum atomic E-state index is -0.643. The molecule has 3 heteroatoms. The van der Waals surface area contributed by atoms with Crippen LogP contribution in [-0.2, 0) is 9.53 Å². The van der Waals surface area contributed by atoms with Gasteiger partial charge in [0.2, 0.25) is 0 Å². The normalized spacial score (nSPS) is 39.5. The molecule has 2 aliphatic carbocycles. The van der Waals surface area contributed by atoms with Crippen LogP contribution in [0, 0.1) is 16.7 Å². The zero-order chi connectivity index (χ0) is 16.6. The highest BCUT2D eigenvalue weighted by molar-refractivity contribution is 6.00. The summed E-state index contributed by atoms with van der Waals surface area (Å²) in [7, 11) is 0. The fraction of sp³-hybridized carbons (Fsp3) is 0.476. The number of rotatable bonds is 2. The molecule has 5 rings (SSSR count). The Morgan fingerprint density at radius 1 is 1.17 bits per heavy atom. The third-order valence-electron chi connectivity index (χ3n) is 7.57. The van der Waals surface area contributed by atoms with Gasteiger partial charge in [-0.3, -0.25) is 4.79 Å². The van der Waals surface area contributed by atoms with Crippen LogP contribution in [0.15, 0.2) is 42.5 Å². The number of anilines is 1. The third-order valence-corrected chi connectivity index (χ3v) is 7.57. The molecule has 1 amide bonds.